The van der Waals surface area contributed by atoms with Crippen molar-refractivity contribution in [2.45, 2.75) is 12.5 Å². The number of hydrogen-bond acceptors (Lipinski definition) is 5. The van der Waals surface area contributed by atoms with Gasteiger partial charge in [0, 0.05) is 25.7 Å². The van der Waals surface area contributed by atoms with Gasteiger partial charge in [0.2, 0.25) is 5.91 Å². The Kier molecular flexibility index (Phi) is 4.96. The maximum absolute atomic E-state index is 11.1. The van der Waals surface area contributed by atoms with Gasteiger partial charge in [-0.3, -0.25) is 4.79 Å². The number of anilines is 1. The van der Waals surface area contributed by atoms with Gasteiger partial charge in [-0.25, -0.2) is 4.98 Å². The van der Waals surface area contributed by atoms with Crippen LogP contribution in [0.15, 0.2) is 42.6 Å². The lowest BCUT2D eigenvalue weighted by atomic mass is 10.1. The van der Waals surface area contributed by atoms with Crippen LogP contribution in [-0.2, 0) is 11.2 Å². The Balaban J connectivity index is 1.66. The summed E-state index contributed by atoms with van der Waals surface area (Å²) in [6, 6.07) is 11.6. The van der Waals surface area contributed by atoms with Gasteiger partial charge >= 0.3 is 0 Å². The number of methoxy groups -OCH3 is 1. The van der Waals surface area contributed by atoms with Crippen molar-refractivity contribution in [3.63, 3.8) is 0 Å². The molecule has 1 amide bonds. The molecule has 1 aliphatic rings. The quantitative estimate of drug-likeness (QED) is 0.903. The fourth-order valence-electron chi connectivity index (χ4n) is 2.83. The highest BCUT2D eigenvalue weighted by Crippen LogP contribution is 2.20. The van der Waals surface area contributed by atoms with Crippen molar-refractivity contribution in [3.05, 3.63) is 53.7 Å². The second kappa shape index (κ2) is 7.31. The Morgan fingerprint density at radius 2 is 2.29 bits per heavy atom. The molecule has 1 unspecified atom stereocenters. The van der Waals surface area contributed by atoms with E-state index in [-0.39, 0.29) is 6.10 Å². The average molecular weight is 327 g/mol. The van der Waals surface area contributed by atoms with E-state index >= 15 is 0 Å². The van der Waals surface area contributed by atoms with Crippen LogP contribution in [0.2, 0.25) is 0 Å². The largest absolute Gasteiger partial charge is 0.497 e. The molecule has 3 rings (SSSR count). The van der Waals surface area contributed by atoms with Gasteiger partial charge in [-0.05, 0) is 29.8 Å². The van der Waals surface area contributed by atoms with Crippen molar-refractivity contribution in [1.29, 1.82) is 0 Å². The predicted octanol–water partition coefficient (Wildman–Crippen LogP) is 1.64. The van der Waals surface area contributed by atoms with E-state index in [1.54, 1.807) is 13.2 Å². The predicted molar refractivity (Wildman–Crippen MR) is 91.4 cm³/mol. The normalized spacial score (nSPS) is 17.5. The number of benzene rings is 1. The van der Waals surface area contributed by atoms with Gasteiger partial charge < -0.3 is 20.1 Å². The third-order valence-electron chi connectivity index (χ3n) is 4.09. The summed E-state index contributed by atoms with van der Waals surface area (Å²) in [5.74, 6) is 1.22. The number of nitrogens with two attached hydrogens (primary N) is 1. The Hall–Kier alpha value is -2.60. The zero-order chi connectivity index (χ0) is 16.9. The minimum absolute atomic E-state index is 0.0865. The number of carbonyl (C=O) groups excluding carboxylic acids is 1. The number of hydrogen-bond donors (Lipinski definition) is 1. The van der Waals surface area contributed by atoms with E-state index in [1.807, 2.05) is 24.3 Å². The molecular weight excluding hydrogens is 306 g/mol. The molecule has 2 aromatic rings. The first kappa shape index (κ1) is 16.3. The Morgan fingerprint density at radius 1 is 1.42 bits per heavy atom. The number of rotatable bonds is 5. The topological polar surface area (TPSA) is 77.7 Å². The van der Waals surface area contributed by atoms with Crippen molar-refractivity contribution < 1.29 is 14.3 Å². The standard InChI is InChI=1S/C18H21N3O3/c1-23-15-4-2-3-13(9-15)10-16-12-21(7-8-24-16)17-6-5-14(11-20-17)18(19)22/h2-6,9,11,16H,7-8,10,12H2,1H3,(H2,19,22). The Labute approximate surface area is 141 Å². The minimum atomic E-state index is -0.466. The van der Waals surface area contributed by atoms with Crippen LogP contribution in [0.5, 0.6) is 5.75 Å². The van der Waals surface area contributed by atoms with Crippen molar-refractivity contribution in [2.24, 2.45) is 5.73 Å². The maximum atomic E-state index is 11.1. The summed E-state index contributed by atoms with van der Waals surface area (Å²) in [5.41, 5.74) is 6.85. The Bertz CT molecular complexity index is 703. The maximum Gasteiger partial charge on any atom is 0.250 e. The Morgan fingerprint density at radius 3 is 3.00 bits per heavy atom. The lowest BCUT2D eigenvalue weighted by Gasteiger charge is -2.34. The number of carbonyl (C=O) groups is 1. The number of ether oxygens (including phenoxy) is 2. The molecule has 24 heavy (non-hydrogen) atoms. The van der Waals surface area contributed by atoms with Gasteiger partial charge in [0.1, 0.15) is 11.6 Å². The number of pyridine rings is 1. The summed E-state index contributed by atoms with van der Waals surface area (Å²) in [6.07, 6.45) is 2.42. The summed E-state index contributed by atoms with van der Waals surface area (Å²) < 4.78 is 11.2. The number of amides is 1. The molecule has 0 radical (unpaired) electrons. The zero-order valence-corrected chi connectivity index (χ0v) is 13.6. The van der Waals surface area contributed by atoms with Gasteiger partial charge in [-0.1, -0.05) is 12.1 Å². The van der Waals surface area contributed by atoms with Crippen molar-refractivity contribution in [1.82, 2.24) is 4.98 Å². The SMILES string of the molecule is COc1cccc(CC2CN(c3ccc(C(N)=O)cn3)CCO2)c1. The monoisotopic (exact) mass is 327 g/mol. The van der Waals surface area contributed by atoms with Crippen LogP contribution < -0.4 is 15.4 Å². The average Bonchev–Trinajstić information content (AvgIpc) is 2.62. The summed E-state index contributed by atoms with van der Waals surface area (Å²) >= 11 is 0. The van der Waals surface area contributed by atoms with Crippen LogP contribution in [-0.4, -0.2) is 43.8 Å². The third-order valence-corrected chi connectivity index (χ3v) is 4.09. The first-order chi connectivity index (χ1) is 11.7. The highest BCUT2D eigenvalue weighted by molar-refractivity contribution is 5.92. The van der Waals surface area contributed by atoms with Crippen LogP contribution in [0.4, 0.5) is 5.82 Å². The molecule has 1 aromatic heterocycles. The van der Waals surface area contributed by atoms with Gasteiger partial charge in [0.15, 0.2) is 0 Å². The van der Waals surface area contributed by atoms with Crippen LogP contribution in [0.3, 0.4) is 0 Å². The van der Waals surface area contributed by atoms with Crippen LogP contribution in [0.25, 0.3) is 0 Å². The molecule has 1 aliphatic heterocycles. The second-order valence-corrected chi connectivity index (χ2v) is 5.76. The minimum Gasteiger partial charge on any atom is -0.497 e. The summed E-state index contributed by atoms with van der Waals surface area (Å²) in [7, 11) is 1.67. The summed E-state index contributed by atoms with van der Waals surface area (Å²) in [6.45, 7) is 2.17. The lowest BCUT2D eigenvalue weighted by Crippen LogP contribution is -2.43. The second-order valence-electron chi connectivity index (χ2n) is 5.76. The molecule has 1 aromatic carbocycles. The van der Waals surface area contributed by atoms with Crippen LogP contribution in [0, 0.1) is 0 Å². The van der Waals surface area contributed by atoms with E-state index in [4.69, 9.17) is 15.2 Å². The molecule has 0 aliphatic carbocycles. The smallest absolute Gasteiger partial charge is 0.250 e. The van der Waals surface area contributed by atoms with Crippen LogP contribution >= 0.6 is 0 Å². The van der Waals surface area contributed by atoms with Gasteiger partial charge in [0.05, 0.1) is 25.4 Å². The molecule has 0 bridgehead atoms. The van der Waals surface area contributed by atoms with Crippen molar-refractivity contribution in [2.75, 3.05) is 31.7 Å². The molecular formula is C18H21N3O3. The summed E-state index contributed by atoms with van der Waals surface area (Å²) in [5, 5.41) is 0. The molecule has 0 saturated carbocycles. The zero-order valence-electron chi connectivity index (χ0n) is 13.6. The highest BCUT2D eigenvalue weighted by atomic mass is 16.5. The number of morpholine rings is 1. The third kappa shape index (κ3) is 3.83. The first-order valence-corrected chi connectivity index (χ1v) is 7.91. The van der Waals surface area contributed by atoms with E-state index < -0.39 is 5.91 Å². The molecule has 6 nitrogen and oxygen atoms in total. The van der Waals surface area contributed by atoms with E-state index in [1.165, 1.54) is 11.8 Å². The van der Waals surface area contributed by atoms with E-state index in [0.717, 1.165) is 31.1 Å². The fourth-order valence-corrected chi connectivity index (χ4v) is 2.83. The lowest BCUT2D eigenvalue weighted by molar-refractivity contribution is 0.0408. The molecule has 6 heteroatoms. The van der Waals surface area contributed by atoms with Gasteiger partial charge in [-0.15, -0.1) is 0 Å². The van der Waals surface area contributed by atoms with Crippen molar-refractivity contribution >= 4 is 11.7 Å². The van der Waals surface area contributed by atoms with Gasteiger partial charge in [-0.2, -0.15) is 0 Å². The van der Waals surface area contributed by atoms with E-state index in [9.17, 15) is 4.79 Å². The number of aromatic nitrogens is 1. The molecule has 2 heterocycles. The molecule has 2 N–H and O–H groups in total. The van der Waals surface area contributed by atoms with Gasteiger partial charge in [0.25, 0.3) is 0 Å². The molecule has 1 fully saturated rings. The van der Waals surface area contributed by atoms with E-state index in [2.05, 4.69) is 16.0 Å². The fraction of sp³-hybridized carbons (Fsp3) is 0.333. The molecule has 1 atom stereocenters. The molecule has 1 saturated heterocycles. The van der Waals surface area contributed by atoms with Crippen LogP contribution in [0.1, 0.15) is 15.9 Å². The number of primary amides is 1. The van der Waals surface area contributed by atoms with E-state index in [0.29, 0.717) is 12.2 Å². The first-order valence-electron chi connectivity index (χ1n) is 7.91. The molecule has 126 valence electrons. The molecule has 0 spiro atoms. The number of nitrogens with zero attached hydrogens (tertiary/aromatic N) is 2. The summed E-state index contributed by atoms with van der Waals surface area (Å²) in [4.78, 5) is 17.6. The van der Waals surface area contributed by atoms with Crippen molar-refractivity contribution in [3.8, 4) is 5.75 Å². The highest BCUT2D eigenvalue weighted by Gasteiger charge is 2.22.